The molecule has 0 fully saturated rings. The van der Waals surface area contributed by atoms with Gasteiger partial charge in [0.15, 0.2) is 0 Å². The molecule has 7 heteroatoms. The summed E-state index contributed by atoms with van der Waals surface area (Å²) in [7, 11) is -3.45. The normalized spacial score (nSPS) is 13.3. The molecule has 1 atom stereocenters. The number of hydrogen-bond acceptors (Lipinski definition) is 5. The molecule has 102 valence electrons. The Hall–Kier alpha value is -1.44. The highest BCUT2D eigenvalue weighted by molar-refractivity contribution is 7.88. The molecule has 0 bridgehead atoms. The van der Waals surface area contributed by atoms with Crippen molar-refractivity contribution in [3.8, 4) is 0 Å². The number of anilines is 1. The Bertz CT molecular complexity index is 639. The van der Waals surface area contributed by atoms with E-state index in [-0.39, 0.29) is 11.8 Å². The van der Waals surface area contributed by atoms with Crippen LogP contribution in [0.15, 0.2) is 35.8 Å². The second-order valence-corrected chi connectivity index (χ2v) is 6.85. The predicted octanol–water partition coefficient (Wildman–Crippen LogP) is 1.91. The van der Waals surface area contributed by atoms with Crippen LogP contribution in [0.3, 0.4) is 0 Å². The zero-order chi connectivity index (χ0) is 13.9. The lowest BCUT2D eigenvalue weighted by molar-refractivity contribution is 0.565. The van der Waals surface area contributed by atoms with Gasteiger partial charge in [0.1, 0.15) is 5.01 Å². The highest BCUT2D eigenvalue weighted by Crippen LogP contribution is 2.18. The van der Waals surface area contributed by atoms with Gasteiger partial charge in [-0.05, 0) is 18.6 Å². The van der Waals surface area contributed by atoms with Crippen LogP contribution in [-0.4, -0.2) is 13.4 Å². The summed E-state index contributed by atoms with van der Waals surface area (Å²) < 4.78 is 26.7. The highest BCUT2D eigenvalue weighted by atomic mass is 32.2. The first-order chi connectivity index (χ1) is 8.98. The molecule has 0 saturated heterocycles. The van der Waals surface area contributed by atoms with Gasteiger partial charge in [0.25, 0.3) is 0 Å². The van der Waals surface area contributed by atoms with Gasteiger partial charge in [0.05, 0.1) is 11.8 Å². The largest absolute Gasteiger partial charge is 0.398 e. The third-order valence-corrected chi connectivity index (χ3v) is 4.94. The summed E-state index contributed by atoms with van der Waals surface area (Å²) in [6, 6.07) is 6.61. The van der Waals surface area contributed by atoms with Crippen LogP contribution in [0.1, 0.15) is 23.5 Å². The maximum Gasteiger partial charge on any atom is 0.216 e. The molecule has 19 heavy (non-hydrogen) atoms. The Morgan fingerprint density at radius 2 is 2.16 bits per heavy atom. The van der Waals surface area contributed by atoms with Crippen molar-refractivity contribution in [1.82, 2.24) is 9.71 Å². The minimum Gasteiger partial charge on any atom is -0.398 e. The molecule has 5 nitrogen and oxygen atoms in total. The molecule has 0 aliphatic heterocycles. The van der Waals surface area contributed by atoms with Crippen LogP contribution >= 0.6 is 11.3 Å². The van der Waals surface area contributed by atoms with Crippen molar-refractivity contribution >= 4 is 27.0 Å². The van der Waals surface area contributed by atoms with Gasteiger partial charge in [-0.1, -0.05) is 18.2 Å². The quantitative estimate of drug-likeness (QED) is 0.826. The lowest BCUT2D eigenvalue weighted by Crippen LogP contribution is -2.28. The van der Waals surface area contributed by atoms with Crippen LogP contribution in [-0.2, 0) is 15.8 Å². The molecule has 1 aromatic heterocycles. The summed E-state index contributed by atoms with van der Waals surface area (Å²) in [6.07, 6.45) is 1.65. The number of nitrogens with zero attached hydrogens (tertiary/aromatic N) is 1. The standard InChI is InChI=1S/C12H15N3O2S2/c1-9(12-14-6-7-18-12)15-19(16,17)8-10-4-2-3-5-11(10)13/h2-7,9,15H,8,13H2,1H3. The first-order valence-electron chi connectivity index (χ1n) is 5.71. The Morgan fingerprint density at radius 1 is 1.42 bits per heavy atom. The van der Waals surface area contributed by atoms with Crippen molar-refractivity contribution in [1.29, 1.82) is 0 Å². The molecule has 0 amide bonds. The molecule has 0 aliphatic carbocycles. The number of nitrogens with two attached hydrogens (primary N) is 1. The van der Waals surface area contributed by atoms with Crippen LogP contribution in [0.25, 0.3) is 0 Å². The van der Waals surface area contributed by atoms with E-state index in [0.29, 0.717) is 11.3 Å². The topological polar surface area (TPSA) is 85.1 Å². The van der Waals surface area contributed by atoms with E-state index in [1.165, 1.54) is 11.3 Å². The average Bonchev–Trinajstić information content (AvgIpc) is 2.85. The zero-order valence-corrected chi connectivity index (χ0v) is 12.0. The number of rotatable bonds is 5. The maximum atomic E-state index is 12.1. The fourth-order valence-electron chi connectivity index (χ4n) is 1.68. The Morgan fingerprint density at radius 3 is 2.79 bits per heavy atom. The number of para-hydroxylation sites is 1. The SMILES string of the molecule is CC(NS(=O)(=O)Cc1ccccc1N)c1nccs1. The van der Waals surface area contributed by atoms with E-state index in [2.05, 4.69) is 9.71 Å². The zero-order valence-electron chi connectivity index (χ0n) is 10.4. The molecule has 0 radical (unpaired) electrons. The Kier molecular flexibility index (Phi) is 4.18. The summed E-state index contributed by atoms with van der Waals surface area (Å²) in [5, 5.41) is 2.56. The van der Waals surface area contributed by atoms with Gasteiger partial charge in [-0.15, -0.1) is 11.3 Å². The van der Waals surface area contributed by atoms with Crippen LogP contribution in [0.2, 0.25) is 0 Å². The third-order valence-electron chi connectivity index (χ3n) is 2.58. The van der Waals surface area contributed by atoms with Crippen LogP contribution in [0, 0.1) is 0 Å². The second kappa shape index (κ2) is 5.68. The number of hydrogen-bond donors (Lipinski definition) is 2. The first-order valence-corrected chi connectivity index (χ1v) is 8.24. The van der Waals surface area contributed by atoms with Crippen molar-refractivity contribution in [2.75, 3.05) is 5.73 Å². The van der Waals surface area contributed by atoms with Gasteiger partial charge in [0.2, 0.25) is 10.0 Å². The summed E-state index contributed by atoms with van der Waals surface area (Å²) >= 11 is 1.42. The van der Waals surface area contributed by atoms with Gasteiger partial charge in [-0.3, -0.25) is 0 Å². The minimum absolute atomic E-state index is 0.130. The molecule has 0 aliphatic rings. The molecule has 3 N–H and O–H groups in total. The minimum atomic E-state index is -3.45. The van der Waals surface area contributed by atoms with Crippen LogP contribution in [0.4, 0.5) is 5.69 Å². The molecule has 0 saturated carbocycles. The maximum absolute atomic E-state index is 12.1. The number of aromatic nitrogens is 1. The first kappa shape index (κ1) is 14.0. The molecule has 1 heterocycles. The number of benzene rings is 1. The molecular formula is C12H15N3O2S2. The van der Waals surface area contributed by atoms with Gasteiger partial charge < -0.3 is 5.73 Å². The van der Waals surface area contributed by atoms with E-state index in [9.17, 15) is 8.42 Å². The highest BCUT2D eigenvalue weighted by Gasteiger charge is 2.18. The molecular weight excluding hydrogens is 282 g/mol. The Balaban J connectivity index is 2.09. The fourth-order valence-corrected chi connectivity index (χ4v) is 3.81. The molecule has 2 aromatic rings. The van der Waals surface area contributed by atoms with Crippen molar-refractivity contribution in [2.24, 2.45) is 0 Å². The van der Waals surface area contributed by atoms with E-state index in [4.69, 9.17) is 5.73 Å². The number of thiazole rings is 1. The fraction of sp³-hybridized carbons (Fsp3) is 0.250. The Labute approximate surface area is 116 Å². The molecule has 2 rings (SSSR count). The molecule has 1 unspecified atom stereocenters. The average molecular weight is 297 g/mol. The van der Waals surface area contributed by atoms with E-state index in [1.54, 1.807) is 37.4 Å². The number of sulfonamides is 1. The molecule has 0 spiro atoms. The van der Waals surface area contributed by atoms with E-state index in [1.807, 2.05) is 5.38 Å². The smallest absolute Gasteiger partial charge is 0.216 e. The lowest BCUT2D eigenvalue weighted by atomic mass is 10.2. The van der Waals surface area contributed by atoms with Gasteiger partial charge in [-0.25, -0.2) is 18.1 Å². The van der Waals surface area contributed by atoms with Crippen molar-refractivity contribution in [2.45, 2.75) is 18.7 Å². The monoisotopic (exact) mass is 297 g/mol. The van der Waals surface area contributed by atoms with E-state index < -0.39 is 10.0 Å². The second-order valence-electron chi connectivity index (χ2n) is 4.17. The van der Waals surface area contributed by atoms with Gasteiger partial charge in [-0.2, -0.15) is 0 Å². The predicted molar refractivity (Wildman–Crippen MR) is 77.1 cm³/mol. The van der Waals surface area contributed by atoms with Gasteiger partial charge in [0, 0.05) is 17.3 Å². The van der Waals surface area contributed by atoms with Crippen LogP contribution < -0.4 is 10.5 Å². The van der Waals surface area contributed by atoms with Crippen molar-refractivity contribution in [3.05, 3.63) is 46.4 Å². The summed E-state index contributed by atoms with van der Waals surface area (Å²) in [5.41, 5.74) is 6.83. The summed E-state index contributed by atoms with van der Waals surface area (Å²) in [6.45, 7) is 1.77. The lowest BCUT2D eigenvalue weighted by Gasteiger charge is -2.12. The summed E-state index contributed by atoms with van der Waals surface area (Å²) in [4.78, 5) is 4.09. The van der Waals surface area contributed by atoms with Crippen molar-refractivity contribution < 1.29 is 8.42 Å². The number of nitrogens with one attached hydrogen (secondary N) is 1. The van der Waals surface area contributed by atoms with Crippen LogP contribution in [0.5, 0.6) is 0 Å². The number of nitrogen functional groups attached to an aromatic ring is 1. The van der Waals surface area contributed by atoms with Gasteiger partial charge >= 0.3 is 0 Å². The van der Waals surface area contributed by atoms with Crippen molar-refractivity contribution in [3.63, 3.8) is 0 Å². The third kappa shape index (κ3) is 3.76. The van der Waals surface area contributed by atoms with E-state index >= 15 is 0 Å². The molecule has 1 aromatic carbocycles. The van der Waals surface area contributed by atoms with E-state index in [0.717, 1.165) is 5.01 Å². The summed E-state index contributed by atoms with van der Waals surface area (Å²) in [5.74, 6) is -0.130.